The third-order valence-corrected chi connectivity index (χ3v) is 4.57. The molecule has 0 aliphatic heterocycles. The number of hydrogen-bond acceptors (Lipinski definition) is 3. The number of nitrogens with zero attached hydrogens (tertiary/aromatic N) is 1. The molecule has 0 aliphatic carbocycles. The Balaban J connectivity index is 1.61. The summed E-state index contributed by atoms with van der Waals surface area (Å²) < 4.78 is 1.23. The monoisotopic (exact) mass is 302 g/mol. The Hall–Kier alpha value is -2.65. The second-order valence-corrected chi connectivity index (χ2v) is 6.09. The van der Waals surface area contributed by atoms with Gasteiger partial charge in [-0.25, -0.2) is 4.98 Å². The van der Waals surface area contributed by atoms with Crippen molar-refractivity contribution in [2.75, 3.05) is 5.32 Å². The fraction of sp³-hybridized carbons (Fsp3) is 0. The Morgan fingerprint density at radius 2 is 1.36 bits per heavy atom. The predicted molar refractivity (Wildman–Crippen MR) is 94.8 cm³/mol. The first-order chi connectivity index (χ1) is 10.9. The van der Waals surface area contributed by atoms with Crippen LogP contribution in [0.2, 0.25) is 0 Å². The first-order valence-corrected chi connectivity index (χ1v) is 7.98. The maximum Gasteiger partial charge on any atom is 0.124 e. The highest BCUT2D eigenvalue weighted by Gasteiger charge is 2.05. The second-order valence-electron chi connectivity index (χ2n) is 5.06. The van der Waals surface area contributed by atoms with Gasteiger partial charge in [0.2, 0.25) is 0 Å². The Kier molecular flexibility index (Phi) is 3.33. The minimum Gasteiger partial charge on any atom is -0.356 e. The molecule has 2 nitrogen and oxygen atoms in total. The van der Waals surface area contributed by atoms with E-state index in [1.54, 1.807) is 11.3 Å². The van der Waals surface area contributed by atoms with E-state index in [9.17, 15) is 0 Å². The van der Waals surface area contributed by atoms with Crippen LogP contribution in [0.5, 0.6) is 0 Å². The molecule has 4 rings (SSSR count). The normalized spacial score (nSPS) is 10.7. The van der Waals surface area contributed by atoms with Gasteiger partial charge >= 0.3 is 0 Å². The van der Waals surface area contributed by atoms with Crippen LogP contribution in [0.1, 0.15) is 0 Å². The predicted octanol–water partition coefficient (Wildman–Crippen LogP) is 5.71. The average Bonchev–Trinajstić information content (AvgIpc) is 3.00. The molecule has 0 fully saturated rings. The molecule has 3 aromatic carbocycles. The van der Waals surface area contributed by atoms with Gasteiger partial charge in [0.05, 0.1) is 10.2 Å². The fourth-order valence-electron chi connectivity index (χ4n) is 2.38. The van der Waals surface area contributed by atoms with E-state index in [2.05, 4.69) is 59.9 Å². The number of fused-ring (bicyclic) bond motifs is 1. The van der Waals surface area contributed by atoms with Crippen LogP contribution in [-0.4, -0.2) is 4.98 Å². The average molecular weight is 302 g/mol. The van der Waals surface area contributed by atoms with E-state index < -0.39 is 0 Å². The maximum atomic E-state index is 4.69. The lowest BCUT2D eigenvalue weighted by atomic mass is 10.2. The molecule has 0 bridgehead atoms. The Morgan fingerprint density at radius 1 is 0.682 bits per heavy atom. The van der Waals surface area contributed by atoms with Crippen LogP contribution in [0, 0.1) is 0 Å². The van der Waals surface area contributed by atoms with Crippen molar-refractivity contribution in [1.82, 2.24) is 4.98 Å². The maximum absolute atomic E-state index is 4.69. The topological polar surface area (TPSA) is 24.9 Å². The van der Waals surface area contributed by atoms with Crippen molar-refractivity contribution in [3.05, 3.63) is 78.9 Å². The van der Waals surface area contributed by atoms with Crippen LogP contribution in [0.15, 0.2) is 78.9 Å². The third kappa shape index (κ3) is 2.59. The van der Waals surface area contributed by atoms with Gasteiger partial charge in [0.1, 0.15) is 5.01 Å². The highest BCUT2D eigenvalue weighted by atomic mass is 32.1. The first-order valence-electron chi connectivity index (χ1n) is 7.16. The molecule has 0 aliphatic rings. The van der Waals surface area contributed by atoms with Gasteiger partial charge in [-0.15, -0.1) is 11.3 Å². The summed E-state index contributed by atoms with van der Waals surface area (Å²) in [7, 11) is 0. The third-order valence-electron chi connectivity index (χ3n) is 3.49. The SMILES string of the molecule is c1ccc(Nc2ccc(-c3nc4ccccc4s3)cc2)cc1. The van der Waals surface area contributed by atoms with Crippen molar-refractivity contribution < 1.29 is 0 Å². The standard InChI is InChI=1S/C19H14N2S/c1-2-6-15(7-3-1)20-16-12-10-14(11-13-16)19-21-17-8-4-5-9-18(17)22-19/h1-13,20H. The molecule has 3 heteroatoms. The highest BCUT2D eigenvalue weighted by molar-refractivity contribution is 7.21. The number of rotatable bonds is 3. The molecule has 1 heterocycles. The molecule has 0 atom stereocenters. The molecule has 0 saturated carbocycles. The number of nitrogens with one attached hydrogen (secondary N) is 1. The van der Waals surface area contributed by atoms with Gasteiger partial charge in [-0.3, -0.25) is 0 Å². The summed E-state index contributed by atoms with van der Waals surface area (Å²) in [6, 6.07) is 26.8. The lowest BCUT2D eigenvalue weighted by Crippen LogP contribution is -1.89. The van der Waals surface area contributed by atoms with Crippen molar-refractivity contribution >= 4 is 32.9 Å². The van der Waals surface area contributed by atoms with Gasteiger partial charge in [-0.2, -0.15) is 0 Å². The van der Waals surface area contributed by atoms with Crippen LogP contribution in [0.25, 0.3) is 20.8 Å². The van der Waals surface area contributed by atoms with E-state index in [4.69, 9.17) is 4.98 Å². The molecule has 0 radical (unpaired) electrons. The summed E-state index contributed by atoms with van der Waals surface area (Å²) in [5, 5.41) is 4.45. The van der Waals surface area contributed by atoms with Gasteiger partial charge < -0.3 is 5.32 Å². The van der Waals surface area contributed by atoms with Crippen molar-refractivity contribution in [1.29, 1.82) is 0 Å². The van der Waals surface area contributed by atoms with Crippen LogP contribution >= 0.6 is 11.3 Å². The van der Waals surface area contributed by atoms with E-state index in [0.29, 0.717) is 0 Å². The number of hydrogen-bond donors (Lipinski definition) is 1. The van der Waals surface area contributed by atoms with Gasteiger partial charge in [0.25, 0.3) is 0 Å². The van der Waals surface area contributed by atoms with Crippen molar-refractivity contribution in [3.8, 4) is 10.6 Å². The van der Waals surface area contributed by atoms with Crippen molar-refractivity contribution in [2.24, 2.45) is 0 Å². The molecule has 1 aromatic heterocycles. The van der Waals surface area contributed by atoms with E-state index >= 15 is 0 Å². The minimum atomic E-state index is 1.06. The summed E-state index contributed by atoms with van der Waals surface area (Å²) in [6.07, 6.45) is 0. The molecule has 0 spiro atoms. The van der Waals surface area contributed by atoms with E-state index in [0.717, 1.165) is 27.5 Å². The quantitative estimate of drug-likeness (QED) is 0.524. The van der Waals surface area contributed by atoms with Gasteiger partial charge in [-0.05, 0) is 48.5 Å². The summed E-state index contributed by atoms with van der Waals surface area (Å²) in [5.41, 5.74) is 4.39. The molecule has 22 heavy (non-hydrogen) atoms. The van der Waals surface area contributed by atoms with Crippen molar-refractivity contribution in [3.63, 3.8) is 0 Å². The van der Waals surface area contributed by atoms with E-state index in [1.807, 2.05) is 24.3 Å². The lowest BCUT2D eigenvalue weighted by Gasteiger charge is -2.06. The molecule has 1 N–H and O–H groups in total. The van der Waals surface area contributed by atoms with E-state index in [-0.39, 0.29) is 0 Å². The molecular formula is C19H14N2S. The minimum absolute atomic E-state index is 1.06. The summed E-state index contributed by atoms with van der Waals surface area (Å²) in [5.74, 6) is 0. The molecule has 0 amide bonds. The zero-order valence-electron chi connectivity index (χ0n) is 11.9. The largest absolute Gasteiger partial charge is 0.356 e. The van der Waals surface area contributed by atoms with Crippen LogP contribution in [-0.2, 0) is 0 Å². The second kappa shape index (κ2) is 5.62. The van der Waals surface area contributed by atoms with Gasteiger partial charge in [0, 0.05) is 16.9 Å². The number of anilines is 2. The zero-order chi connectivity index (χ0) is 14.8. The molecule has 0 saturated heterocycles. The van der Waals surface area contributed by atoms with Crippen LogP contribution < -0.4 is 5.32 Å². The Labute approximate surface area is 133 Å². The lowest BCUT2D eigenvalue weighted by molar-refractivity contribution is 1.47. The summed E-state index contributed by atoms with van der Waals surface area (Å²) >= 11 is 1.73. The smallest absolute Gasteiger partial charge is 0.124 e. The highest BCUT2D eigenvalue weighted by Crippen LogP contribution is 2.30. The fourth-order valence-corrected chi connectivity index (χ4v) is 3.35. The molecule has 0 unspecified atom stereocenters. The summed E-state index contributed by atoms with van der Waals surface area (Å²) in [4.78, 5) is 4.69. The van der Waals surface area contributed by atoms with Crippen LogP contribution in [0.3, 0.4) is 0 Å². The molecular weight excluding hydrogens is 288 g/mol. The molecule has 106 valence electrons. The zero-order valence-corrected chi connectivity index (χ0v) is 12.7. The van der Waals surface area contributed by atoms with Crippen molar-refractivity contribution in [2.45, 2.75) is 0 Å². The Bertz CT molecular complexity index is 863. The van der Waals surface area contributed by atoms with Gasteiger partial charge in [0.15, 0.2) is 0 Å². The number of aromatic nitrogens is 1. The molecule has 4 aromatic rings. The number of para-hydroxylation sites is 2. The first kappa shape index (κ1) is 13.0. The Morgan fingerprint density at radius 3 is 2.14 bits per heavy atom. The van der Waals surface area contributed by atoms with E-state index in [1.165, 1.54) is 4.70 Å². The number of thiazole rings is 1. The van der Waals surface area contributed by atoms with Gasteiger partial charge in [-0.1, -0.05) is 30.3 Å². The number of benzene rings is 3. The van der Waals surface area contributed by atoms with Crippen LogP contribution in [0.4, 0.5) is 11.4 Å². The summed E-state index contributed by atoms with van der Waals surface area (Å²) in [6.45, 7) is 0.